The zero-order valence-corrected chi connectivity index (χ0v) is 13.4. The van der Waals surface area contributed by atoms with Gasteiger partial charge in [0, 0.05) is 35.9 Å². The molecule has 1 N–H and O–H groups in total. The van der Waals surface area contributed by atoms with Crippen molar-refractivity contribution in [2.24, 2.45) is 5.92 Å². The maximum absolute atomic E-state index is 13.0. The highest BCUT2D eigenvalue weighted by Gasteiger charge is 2.62. The summed E-state index contributed by atoms with van der Waals surface area (Å²) in [7, 11) is 0. The van der Waals surface area contributed by atoms with Crippen LogP contribution in [0.5, 0.6) is 5.75 Å². The Hall–Kier alpha value is -2.37. The van der Waals surface area contributed by atoms with Crippen LogP contribution in [-0.4, -0.2) is 45.7 Å². The van der Waals surface area contributed by atoms with Crippen LogP contribution in [0.3, 0.4) is 0 Å². The molecule has 1 saturated carbocycles. The Labute approximate surface area is 140 Å². The third-order valence-electron chi connectivity index (χ3n) is 5.92. The first-order valence-corrected chi connectivity index (χ1v) is 8.64. The van der Waals surface area contributed by atoms with Crippen molar-refractivity contribution in [3.63, 3.8) is 0 Å². The molecule has 3 unspecified atom stereocenters. The van der Waals surface area contributed by atoms with Gasteiger partial charge >= 0.3 is 0 Å². The lowest BCUT2D eigenvalue weighted by Crippen LogP contribution is -2.34. The first-order chi connectivity index (χ1) is 11.8. The average molecular weight is 324 g/mol. The molecule has 1 amide bonds. The number of aromatic nitrogens is 3. The number of nitrogens with zero attached hydrogens (tertiary/aromatic N) is 3. The molecule has 24 heavy (non-hydrogen) atoms. The second kappa shape index (κ2) is 5.06. The van der Waals surface area contributed by atoms with Crippen LogP contribution in [0.2, 0.25) is 0 Å². The van der Waals surface area contributed by atoms with Crippen molar-refractivity contribution in [3.05, 3.63) is 42.0 Å². The summed E-state index contributed by atoms with van der Waals surface area (Å²) in [4.78, 5) is 19.3. The molecule has 2 aromatic rings. The fourth-order valence-electron chi connectivity index (χ4n) is 4.50. The molecular formula is C18H20N4O2. The SMILES string of the molecule is O=C(C1CC12CCOc1ccccc12)N1CCC(c2ncn[nH]2)C1. The molecule has 3 aliphatic rings. The number of carbonyl (C=O) groups excluding carboxylic acids is 1. The van der Waals surface area contributed by atoms with Crippen LogP contribution in [0.4, 0.5) is 0 Å². The van der Waals surface area contributed by atoms with Gasteiger partial charge in [0.2, 0.25) is 5.91 Å². The van der Waals surface area contributed by atoms with Gasteiger partial charge in [-0.2, -0.15) is 5.10 Å². The van der Waals surface area contributed by atoms with Crippen LogP contribution < -0.4 is 4.74 Å². The Balaban J connectivity index is 1.34. The third-order valence-corrected chi connectivity index (χ3v) is 5.92. The van der Waals surface area contributed by atoms with Crippen LogP contribution >= 0.6 is 0 Å². The van der Waals surface area contributed by atoms with Gasteiger partial charge in [-0.3, -0.25) is 9.89 Å². The van der Waals surface area contributed by atoms with Gasteiger partial charge in [-0.25, -0.2) is 4.98 Å². The summed E-state index contributed by atoms with van der Waals surface area (Å²) >= 11 is 0. The molecule has 6 nitrogen and oxygen atoms in total. The number of para-hydroxylation sites is 1. The van der Waals surface area contributed by atoms with Crippen molar-refractivity contribution in [1.29, 1.82) is 0 Å². The van der Waals surface area contributed by atoms with E-state index in [9.17, 15) is 4.79 Å². The van der Waals surface area contributed by atoms with Gasteiger partial charge in [0.05, 0.1) is 6.61 Å². The van der Waals surface area contributed by atoms with Crippen molar-refractivity contribution in [1.82, 2.24) is 20.1 Å². The van der Waals surface area contributed by atoms with E-state index in [-0.39, 0.29) is 17.3 Å². The number of rotatable bonds is 2. The number of nitrogens with one attached hydrogen (secondary N) is 1. The lowest BCUT2D eigenvalue weighted by atomic mass is 9.87. The number of hydrogen-bond donors (Lipinski definition) is 1. The Morgan fingerprint density at radius 2 is 2.29 bits per heavy atom. The summed E-state index contributed by atoms with van der Waals surface area (Å²) in [6, 6.07) is 8.19. The summed E-state index contributed by atoms with van der Waals surface area (Å²) in [6.07, 6.45) is 4.39. The fraction of sp³-hybridized carbons (Fsp3) is 0.500. The monoisotopic (exact) mass is 324 g/mol. The molecule has 3 heterocycles. The molecule has 1 aliphatic carbocycles. The van der Waals surface area contributed by atoms with Gasteiger partial charge in [-0.05, 0) is 25.3 Å². The van der Waals surface area contributed by atoms with Crippen molar-refractivity contribution in [2.45, 2.75) is 30.6 Å². The minimum Gasteiger partial charge on any atom is -0.493 e. The summed E-state index contributed by atoms with van der Waals surface area (Å²) in [5.74, 6) is 2.55. The van der Waals surface area contributed by atoms with Crippen LogP contribution in [0.1, 0.15) is 36.6 Å². The van der Waals surface area contributed by atoms with E-state index in [0.717, 1.165) is 43.9 Å². The Morgan fingerprint density at radius 1 is 1.38 bits per heavy atom. The average Bonchev–Trinajstić information content (AvgIpc) is 3.03. The first-order valence-electron chi connectivity index (χ1n) is 8.64. The zero-order chi connectivity index (χ0) is 16.1. The minimum absolute atomic E-state index is 0.0102. The number of aromatic amines is 1. The second-order valence-electron chi connectivity index (χ2n) is 7.15. The van der Waals surface area contributed by atoms with E-state index < -0.39 is 0 Å². The number of carbonyl (C=O) groups is 1. The first kappa shape index (κ1) is 14.0. The predicted octanol–water partition coefficient (Wildman–Crippen LogP) is 1.86. The van der Waals surface area contributed by atoms with Crippen molar-refractivity contribution < 1.29 is 9.53 Å². The van der Waals surface area contributed by atoms with E-state index >= 15 is 0 Å². The number of amides is 1. The van der Waals surface area contributed by atoms with Crippen molar-refractivity contribution in [2.75, 3.05) is 19.7 Å². The summed E-state index contributed by atoms with van der Waals surface area (Å²) < 4.78 is 5.77. The molecule has 2 aliphatic heterocycles. The normalized spacial score (nSPS) is 30.9. The molecular weight excluding hydrogens is 304 g/mol. The number of H-pyrrole nitrogens is 1. The van der Waals surface area contributed by atoms with Gasteiger partial charge in [-0.1, -0.05) is 18.2 Å². The van der Waals surface area contributed by atoms with E-state index in [1.807, 2.05) is 23.1 Å². The van der Waals surface area contributed by atoms with E-state index in [4.69, 9.17) is 4.74 Å². The highest BCUT2D eigenvalue weighted by atomic mass is 16.5. The van der Waals surface area contributed by atoms with Crippen LogP contribution in [0.15, 0.2) is 30.6 Å². The molecule has 1 saturated heterocycles. The van der Waals surface area contributed by atoms with Crippen LogP contribution in [0.25, 0.3) is 0 Å². The van der Waals surface area contributed by atoms with Gasteiger partial charge in [0.25, 0.3) is 0 Å². The molecule has 0 radical (unpaired) electrons. The molecule has 1 aromatic carbocycles. The molecule has 124 valence electrons. The molecule has 2 fully saturated rings. The van der Waals surface area contributed by atoms with E-state index in [0.29, 0.717) is 12.5 Å². The molecule has 1 aromatic heterocycles. The lowest BCUT2D eigenvalue weighted by molar-refractivity contribution is -0.132. The summed E-state index contributed by atoms with van der Waals surface area (Å²) in [5.41, 5.74) is 1.23. The number of ether oxygens (including phenoxy) is 1. The zero-order valence-electron chi connectivity index (χ0n) is 13.4. The van der Waals surface area contributed by atoms with Gasteiger partial charge in [-0.15, -0.1) is 0 Å². The van der Waals surface area contributed by atoms with E-state index in [1.165, 1.54) is 11.9 Å². The number of benzene rings is 1. The number of likely N-dealkylation sites (tertiary alicyclic amines) is 1. The van der Waals surface area contributed by atoms with E-state index in [1.54, 1.807) is 0 Å². The standard InChI is InChI=1S/C18H20N4O2/c23-17(22-7-5-12(10-22)16-19-11-20-21-16)14-9-18(14)6-8-24-15-4-2-1-3-13(15)18/h1-4,11-12,14H,5-10H2,(H,19,20,21). The third kappa shape index (κ3) is 1.98. The lowest BCUT2D eigenvalue weighted by Gasteiger charge is -2.27. The Morgan fingerprint density at radius 3 is 3.17 bits per heavy atom. The van der Waals surface area contributed by atoms with Crippen molar-refractivity contribution >= 4 is 5.91 Å². The van der Waals surface area contributed by atoms with E-state index in [2.05, 4.69) is 21.2 Å². The quantitative estimate of drug-likeness (QED) is 0.915. The number of hydrogen-bond acceptors (Lipinski definition) is 4. The van der Waals surface area contributed by atoms with Gasteiger partial charge in [0.15, 0.2) is 0 Å². The second-order valence-corrected chi connectivity index (χ2v) is 7.15. The highest BCUT2D eigenvalue weighted by Crippen LogP contribution is 2.61. The van der Waals surface area contributed by atoms with Crippen LogP contribution in [-0.2, 0) is 10.2 Å². The Kier molecular flexibility index (Phi) is 2.96. The molecule has 1 spiro atoms. The fourth-order valence-corrected chi connectivity index (χ4v) is 4.50. The maximum Gasteiger partial charge on any atom is 0.226 e. The number of fused-ring (bicyclic) bond motifs is 2. The molecule has 6 heteroatoms. The maximum atomic E-state index is 13.0. The van der Waals surface area contributed by atoms with Crippen molar-refractivity contribution in [3.8, 4) is 5.75 Å². The summed E-state index contributed by atoms with van der Waals surface area (Å²) in [6.45, 7) is 2.27. The minimum atomic E-state index is 0.0102. The van der Waals surface area contributed by atoms with Gasteiger partial charge < -0.3 is 9.64 Å². The Bertz CT molecular complexity index is 775. The topological polar surface area (TPSA) is 71.1 Å². The largest absolute Gasteiger partial charge is 0.493 e. The smallest absolute Gasteiger partial charge is 0.226 e. The highest BCUT2D eigenvalue weighted by molar-refractivity contribution is 5.85. The van der Waals surface area contributed by atoms with Gasteiger partial charge in [0.1, 0.15) is 17.9 Å². The predicted molar refractivity (Wildman–Crippen MR) is 86.7 cm³/mol. The van der Waals surface area contributed by atoms with Crippen LogP contribution in [0, 0.1) is 5.92 Å². The summed E-state index contributed by atoms with van der Waals surface area (Å²) in [5, 5.41) is 6.86. The molecule has 5 rings (SSSR count). The molecule has 3 atom stereocenters. The molecule has 0 bridgehead atoms.